The van der Waals surface area contributed by atoms with E-state index in [-0.39, 0.29) is 11.9 Å². The quantitative estimate of drug-likeness (QED) is 0.701. The first-order chi connectivity index (χ1) is 6.68. The average molecular weight is 191 g/mol. The summed E-state index contributed by atoms with van der Waals surface area (Å²) in [6.45, 7) is 2.57. The summed E-state index contributed by atoms with van der Waals surface area (Å²) >= 11 is 0. The molecule has 1 fully saturated rings. The maximum Gasteiger partial charge on any atom is 0.228 e. The number of hydrogen-bond donors (Lipinski definition) is 1. The maximum atomic E-state index is 11.6. The van der Waals surface area contributed by atoms with Crippen LogP contribution in [-0.4, -0.2) is 23.5 Å². The molecule has 1 saturated heterocycles. The predicted octanol–water partition coefficient (Wildman–Crippen LogP) is 0.454. The molecule has 1 aliphatic heterocycles. The van der Waals surface area contributed by atoms with E-state index in [0.717, 1.165) is 11.3 Å². The second kappa shape index (κ2) is 3.38. The molecule has 2 N–H and O–H groups in total. The zero-order valence-corrected chi connectivity index (χ0v) is 8.10. The summed E-state index contributed by atoms with van der Waals surface area (Å²) in [6, 6.07) is 1.86. The maximum absolute atomic E-state index is 11.6. The van der Waals surface area contributed by atoms with E-state index in [4.69, 9.17) is 5.73 Å². The summed E-state index contributed by atoms with van der Waals surface area (Å²) in [6.07, 6.45) is 3.87. The SMILES string of the molecule is Cc1ccncc1N1CC(N)CC1=O. The Kier molecular flexibility index (Phi) is 2.21. The summed E-state index contributed by atoms with van der Waals surface area (Å²) < 4.78 is 0. The molecular formula is C10H13N3O. The van der Waals surface area contributed by atoms with Crippen molar-refractivity contribution in [2.24, 2.45) is 5.73 Å². The summed E-state index contributed by atoms with van der Waals surface area (Å²) in [5.74, 6) is 0.0913. The lowest BCUT2D eigenvalue weighted by Crippen LogP contribution is -2.28. The van der Waals surface area contributed by atoms with Crippen LogP contribution in [0.25, 0.3) is 0 Å². The molecule has 1 unspecified atom stereocenters. The van der Waals surface area contributed by atoms with Crippen LogP contribution in [0.3, 0.4) is 0 Å². The van der Waals surface area contributed by atoms with Gasteiger partial charge in [-0.1, -0.05) is 0 Å². The highest BCUT2D eigenvalue weighted by Crippen LogP contribution is 2.22. The summed E-state index contributed by atoms with van der Waals surface area (Å²) in [7, 11) is 0. The Hall–Kier alpha value is -1.42. The molecule has 0 spiro atoms. The third kappa shape index (κ3) is 1.48. The molecule has 2 heterocycles. The Labute approximate surface area is 82.7 Å². The molecule has 1 aliphatic rings. The Morgan fingerprint density at radius 3 is 3.00 bits per heavy atom. The molecule has 4 nitrogen and oxygen atoms in total. The van der Waals surface area contributed by atoms with Gasteiger partial charge in [0.05, 0.1) is 11.9 Å². The second-order valence-corrected chi connectivity index (χ2v) is 3.63. The summed E-state index contributed by atoms with van der Waals surface area (Å²) in [5.41, 5.74) is 7.66. The molecule has 0 aromatic carbocycles. The first-order valence-corrected chi connectivity index (χ1v) is 4.65. The third-order valence-electron chi connectivity index (χ3n) is 2.46. The van der Waals surface area contributed by atoms with E-state index in [9.17, 15) is 4.79 Å². The van der Waals surface area contributed by atoms with Crippen molar-refractivity contribution < 1.29 is 4.79 Å². The number of nitrogens with zero attached hydrogens (tertiary/aromatic N) is 2. The van der Waals surface area contributed by atoms with Crippen molar-refractivity contribution in [2.45, 2.75) is 19.4 Å². The standard InChI is InChI=1S/C10H13N3O/c1-7-2-3-12-5-9(7)13-6-8(11)4-10(13)14/h2-3,5,8H,4,6,11H2,1H3. The number of aryl methyl sites for hydroxylation is 1. The molecule has 14 heavy (non-hydrogen) atoms. The van der Waals surface area contributed by atoms with Crippen molar-refractivity contribution in [3.05, 3.63) is 24.0 Å². The normalized spacial score (nSPS) is 21.7. The number of aromatic nitrogens is 1. The predicted molar refractivity (Wildman–Crippen MR) is 53.9 cm³/mol. The molecule has 2 rings (SSSR count). The minimum Gasteiger partial charge on any atom is -0.326 e. The number of pyridine rings is 1. The van der Waals surface area contributed by atoms with E-state index in [2.05, 4.69) is 4.98 Å². The fourth-order valence-electron chi connectivity index (χ4n) is 1.71. The highest BCUT2D eigenvalue weighted by Gasteiger charge is 2.28. The van der Waals surface area contributed by atoms with Gasteiger partial charge in [0.2, 0.25) is 5.91 Å². The number of carbonyl (C=O) groups is 1. The van der Waals surface area contributed by atoms with Gasteiger partial charge in [0, 0.05) is 25.2 Å². The molecule has 1 atom stereocenters. The average Bonchev–Trinajstić information content (AvgIpc) is 2.46. The fourth-order valence-corrected chi connectivity index (χ4v) is 1.71. The third-order valence-corrected chi connectivity index (χ3v) is 2.46. The Morgan fingerprint density at radius 1 is 1.64 bits per heavy atom. The first kappa shape index (κ1) is 9.15. The van der Waals surface area contributed by atoms with Gasteiger partial charge in [0.1, 0.15) is 0 Å². The molecule has 0 radical (unpaired) electrons. The number of hydrogen-bond acceptors (Lipinski definition) is 3. The van der Waals surface area contributed by atoms with Gasteiger partial charge in [0.15, 0.2) is 0 Å². The topological polar surface area (TPSA) is 59.2 Å². The van der Waals surface area contributed by atoms with Crippen LogP contribution in [0.4, 0.5) is 5.69 Å². The zero-order valence-electron chi connectivity index (χ0n) is 8.10. The minimum absolute atomic E-state index is 0.0397. The van der Waals surface area contributed by atoms with Crippen molar-refractivity contribution in [3.8, 4) is 0 Å². The monoisotopic (exact) mass is 191 g/mol. The lowest BCUT2D eigenvalue weighted by atomic mass is 10.2. The molecule has 1 aromatic heterocycles. The van der Waals surface area contributed by atoms with Gasteiger partial charge in [-0.3, -0.25) is 9.78 Å². The van der Waals surface area contributed by atoms with Crippen LogP contribution in [0, 0.1) is 6.92 Å². The number of nitrogens with two attached hydrogens (primary N) is 1. The molecule has 0 aliphatic carbocycles. The number of rotatable bonds is 1. The van der Waals surface area contributed by atoms with Crippen LogP contribution in [0.1, 0.15) is 12.0 Å². The van der Waals surface area contributed by atoms with E-state index in [1.165, 1.54) is 0 Å². The fraction of sp³-hybridized carbons (Fsp3) is 0.400. The van der Waals surface area contributed by atoms with Crippen molar-refractivity contribution in [1.82, 2.24) is 4.98 Å². The minimum atomic E-state index is -0.0397. The zero-order chi connectivity index (χ0) is 10.1. The summed E-state index contributed by atoms with van der Waals surface area (Å²) in [4.78, 5) is 17.3. The molecule has 0 saturated carbocycles. The number of amides is 1. The van der Waals surface area contributed by atoms with Gasteiger partial charge in [-0.25, -0.2) is 0 Å². The highest BCUT2D eigenvalue weighted by atomic mass is 16.2. The van der Waals surface area contributed by atoms with Gasteiger partial charge in [-0.05, 0) is 18.6 Å². The van der Waals surface area contributed by atoms with Crippen molar-refractivity contribution in [1.29, 1.82) is 0 Å². The van der Waals surface area contributed by atoms with Gasteiger partial charge in [-0.2, -0.15) is 0 Å². The van der Waals surface area contributed by atoms with Crippen LogP contribution < -0.4 is 10.6 Å². The lowest BCUT2D eigenvalue weighted by molar-refractivity contribution is -0.117. The smallest absolute Gasteiger partial charge is 0.228 e. The van der Waals surface area contributed by atoms with E-state index < -0.39 is 0 Å². The Bertz CT molecular complexity index is 364. The van der Waals surface area contributed by atoms with Gasteiger partial charge >= 0.3 is 0 Å². The molecule has 74 valence electrons. The number of carbonyl (C=O) groups excluding carboxylic acids is 1. The van der Waals surface area contributed by atoms with Gasteiger partial charge in [-0.15, -0.1) is 0 Å². The molecule has 1 amide bonds. The van der Waals surface area contributed by atoms with Crippen molar-refractivity contribution in [2.75, 3.05) is 11.4 Å². The van der Waals surface area contributed by atoms with Crippen molar-refractivity contribution >= 4 is 11.6 Å². The van der Waals surface area contributed by atoms with E-state index in [1.807, 2.05) is 13.0 Å². The van der Waals surface area contributed by atoms with Crippen LogP contribution in [0.2, 0.25) is 0 Å². The van der Waals surface area contributed by atoms with E-state index in [0.29, 0.717) is 13.0 Å². The lowest BCUT2D eigenvalue weighted by Gasteiger charge is -2.17. The van der Waals surface area contributed by atoms with Crippen molar-refractivity contribution in [3.63, 3.8) is 0 Å². The van der Waals surface area contributed by atoms with Crippen LogP contribution in [0.5, 0.6) is 0 Å². The number of anilines is 1. The van der Waals surface area contributed by atoms with Crippen LogP contribution in [0.15, 0.2) is 18.5 Å². The first-order valence-electron chi connectivity index (χ1n) is 4.65. The van der Waals surface area contributed by atoms with E-state index >= 15 is 0 Å². The molecule has 0 bridgehead atoms. The second-order valence-electron chi connectivity index (χ2n) is 3.63. The highest BCUT2D eigenvalue weighted by molar-refractivity contribution is 5.96. The molecule has 4 heteroatoms. The Morgan fingerprint density at radius 2 is 2.43 bits per heavy atom. The largest absolute Gasteiger partial charge is 0.326 e. The van der Waals surface area contributed by atoms with Crippen LogP contribution >= 0.6 is 0 Å². The van der Waals surface area contributed by atoms with Crippen LogP contribution in [-0.2, 0) is 4.79 Å². The molecule has 1 aromatic rings. The summed E-state index contributed by atoms with van der Waals surface area (Å²) in [5, 5.41) is 0. The van der Waals surface area contributed by atoms with Gasteiger partial charge < -0.3 is 10.6 Å². The molecular weight excluding hydrogens is 178 g/mol. The Balaban J connectivity index is 2.32. The van der Waals surface area contributed by atoms with Gasteiger partial charge in [0.25, 0.3) is 0 Å². The van der Waals surface area contributed by atoms with E-state index in [1.54, 1.807) is 17.3 Å².